The Kier molecular flexibility index (Phi) is 60.3. The van der Waals surface area contributed by atoms with Crippen molar-refractivity contribution in [3.05, 3.63) is 88.0 Å². The van der Waals surface area contributed by atoms with Crippen molar-refractivity contribution in [2.75, 3.05) is 0 Å². The number of benzene rings is 2. The summed E-state index contributed by atoms with van der Waals surface area (Å²) < 4.78 is 6.67. The van der Waals surface area contributed by atoms with Crippen molar-refractivity contribution in [2.24, 2.45) is 0 Å². The van der Waals surface area contributed by atoms with Gasteiger partial charge >= 0.3 is 173 Å². The van der Waals surface area contributed by atoms with E-state index in [-0.39, 0.29) is 0 Å². The van der Waals surface area contributed by atoms with E-state index < -0.39 is 0 Å². The Morgan fingerprint density at radius 1 is 0.378 bits per heavy atom. The number of hydrogen-bond donors (Lipinski definition) is 0. The first kappa shape index (κ1) is 77.1. The van der Waals surface area contributed by atoms with Gasteiger partial charge in [0.25, 0.3) is 0 Å². The minimum Gasteiger partial charge on any atom is -0.348 e. The molecule has 2 aromatic carbocycles. The zero-order chi connectivity index (χ0) is 59.0. The van der Waals surface area contributed by atoms with E-state index in [0.29, 0.717) is 18.0 Å². The van der Waals surface area contributed by atoms with Gasteiger partial charge in [-0.3, -0.25) is 0 Å². The van der Waals surface area contributed by atoms with Gasteiger partial charge < -0.3 is 5.53 Å². The van der Waals surface area contributed by atoms with E-state index in [1.54, 1.807) is 0 Å². The molecule has 0 spiro atoms. The maximum absolute atomic E-state index is 9.21. The van der Waals surface area contributed by atoms with Crippen molar-refractivity contribution in [3.8, 4) is 20.6 Å². The van der Waals surface area contributed by atoms with Gasteiger partial charge in [-0.1, -0.05) is 269 Å². The van der Waals surface area contributed by atoms with Crippen LogP contribution in [0.1, 0.15) is 391 Å². The molecule has 0 heterocycles. The smallest absolute Gasteiger partial charge is 0.348 e. The summed E-state index contributed by atoms with van der Waals surface area (Å²) in [5.41, 5.74) is 16.5. The molecule has 0 fully saturated rings. The number of nitrogens with zero attached hydrogens (tertiary/aromatic N) is 2. The molecule has 0 amide bonds. The Bertz CT molecular complexity index is 1880. The van der Waals surface area contributed by atoms with Gasteiger partial charge in [0, 0.05) is 0 Å². The molecular weight excluding hydrogens is 1080 g/mol. The van der Waals surface area contributed by atoms with Gasteiger partial charge in [0.1, 0.15) is 0 Å². The molecule has 2 rings (SSSR count). The minimum atomic E-state index is 0.334. The summed E-state index contributed by atoms with van der Waals surface area (Å²) in [6.45, 7) is 11.3. The van der Waals surface area contributed by atoms with E-state index in [9.17, 15) is 5.53 Å². The number of rotatable bonds is 55. The molecule has 0 unspecified atom stereocenters. The fourth-order valence-corrected chi connectivity index (χ4v) is 12.1. The molecule has 0 atom stereocenters. The fourth-order valence-electron chi connectivity index (χ4n) is 11.4. The minimum absolute atomic E-state index is 0.334. The zero-order valence-corrected chi connectivity index (χ0v) is 56.6. The van der Waals surface area contributed by atoms with Crippen molar-refractivity contribution in [1.29, 1.82) is 0 Å². The van der Waals surface area contributed by atoms with Gasteiger partial charge in [-0.05, 0) is 66.0 Å². The predicted octanol–water partition coefficient (Wildman–Crippen LogP) is 26.4. The third kappa shape index (κ3) is 51.5. The first-order chi connectivity index (χ1) is 40.6. The van der Waals surface area contributed by atoms with Crippen molar-refractivity contribution in [3.63, 3.8) is 0 Å². The van der Waals surface area contributed by atoms with E-state index in [1.165, 1.54) is 336 Å². The van der Waals surface area contributed by atoms with E-state index in [2.05, 4.69) is 121 Å². The molecule has 82 heavy (non-hydrogen) atoms. The van der Waals surface area contributed by atoms with Gasteiger partial charge in [0.15, 0.2) is 0 Å². The summed E-state index contributed by atoms with van der Waals surface area (Å²) in [4.78, 5) is 3.25. The summed E-state index contributed by atoms with van der Waals surface area (Å²) in [6, 6.07) is 17.8. The molecule has 2 aromatic rings. The Morgan fingerprint density at radius 2 is 0.683 bits per heavy atom. The first-order valence-electron chi connectivity index (χ1n) is 36.0. The fraction of sp³-hybridized carbons (Fsp3) is 0.747. The van der Waals surface area contributed by atoms with Crippen molar-refractivity contribution in [1.82, 2.24) is 0 Å². The van der Waals surface area contributed by atoms with E-state index in [0.717, 1.165) is 44.1 Å². The summed E-state index contributed by atoms with van der Waals surface area (Å²) >= 11 is 0.334. The standard InChI is InChI=1S/C31H42N2.2C24H45.Pd/c1-4-7-9-10-11-13-16-27-19-15-21-30(23-27)31(29-20-14-18-26(6-3)22-29)24-28(25-33-32)17-12-8-5-2;2*1-3-5-7-9-11-13-15-17-19-21-23-24-22-20-18-16-14-12-10-8-6-4-2;/h14-15,18-24H,4-13,16-17H2,1-3H3;2*3,5-24H2,1H3;. The van der Waals surface area contributed by atoms with Crippen LogP contribution in [0, 0.1) is 20.6 Å². The third-order valence-electron chi connectivity index (χ3n) is 16.8. The van der Waals surface area contributed by atoms with Crippen molar-refractivity contribution in [2.45, 2.75) is 381 Å². The zero-order valence-electron chi connectivity index (χ0n) is 55.1. The maximum atomic E-state index is 9.21. The molecule has 0 aliphatic carbocycles. The second kappa shape index (κ2) is 64.1. The van der Waals surface area contributed by atoms with Crippen LogP contribution in [0.5, 0.6) is 0 Å². The Morgan fingerprint density at radius 3 is 1.02 bits per heavy atom. The summed E-state index contributed by atoms with van der Waals surface area (Å²) in [5, 5.41) is 0. The molecule has 0 aromatic heterocycles. The van der Waals surface area contributed by atoms with Crippen molar-refractivity contribution < 1.29 is 22.8 Å². The molecule has 0 aliphatic rings. The van der Waals surface area contributed by atoms with Crippen LogP contribution < -0.4 is 0 Å². The average Bonchev–Trinajstić information content (AvgIpc) is 3.55. The van der Waals surface area contributed by atoms with Gasteiger partial charge in [-0.15, -0.1) is 4.79 Å². The predicted molar refractivity (Wildman–Crippen MR) is 364 cm³/mol. The van der Waals surface area contributed by atoms with Gasteiger partial charge in [0.2, 0.25) is 0 Å². The molecule has 0 saturated heterocycles. The molecule has 468 valence electrons. The SMILES string of the molecule is CCCCCCCCCCCCCCCCCCCCCCC#[C][Pd][C]#CCCCCCCCCCCCCCCCCCCCCCC.CCCCCCCCc1cccc(C(=CC(=C=[N+]=[N-])CCCCC)c2cccc(CC)c2)c1. The van der Waals surface area contributed by atoms with Crippen LogP contribution in [0.25, 0.3) is 11.1 Å². The molecule has 0 aliphatic heterocycles. The quantitative estimate of drug-likeness (QED) is 0.0120. The second-order valence-corrected chi connectivity index (χ2v) is 25.7. The number of allylic oxidation sites excluding steroid dienone is 2. The van der Waals surface area contributed by atoms with Crippen LogP contribution in [-0.4, -0.2) is 10.7 Å². The average molecular weight is 1220 g/mol. The van der Waals surface area contributed by atoms with Crippen LogP contribution in [0.3, 0.4) is 0 Å². The molecule has 0 bridgehead atoms. The van der Waals surface area contributed by atoms with Gasteiger partial charge in [-0.25, -0.2) is 0 Å². The van der Waals surface area contributed by atoms with Crippen molar-refractivity contribution >= 4 is 11.4 Å². The van der Waals surface area contributed by atoms with Crippen LogP contribution in [0.2, 0.25) is 0 Å². The monoisotopic (exact) mass is 1210 g/mol. The molecule has 0 N–H and O–H groups in total. The normalized spacial score (nSPS) is 11.1. The van der Waals surface area contributed by atoms with Gasteiger partial charge in [-0.2, -0.15) is 0 Å². The summed E-state index contributed by atoms with van der Waals surface area (Å²) in [5.74, 6) is 9.59. The number of hydrogen-bond acceptors (Lipinski definition) is 0. The Labute approximate surface area is 520 Å². The third-order valence-corrected chi connectivity index (χ3v) is 17.7. The molecular formula is C79H132N2Pd. The van der Waals surface area contributed by atoms with Crippen LogP contribution in [-0.2, 0) is 30.8 Å². The number of aryl methyl sites for hydroxylation is 2. The molecule has 3 heteroatoms. The number of unbranched alkanes of at least 4 members (excludes halogenated alkanes) is 47. The van der Waals surface area contributed by atoms with Crippen LogP contribution >= 0.6 is 0 Å². The summed E-state index contributed by atoms with van der Waals surface area (Å²) in [6.07, 6.45) is 76.4. The van der Waals surface area contributed by atoms with Crippen LogP contribution in [0.4, 0.5) is 0 Å². The molecule has 0 radical (unpaired) electrons. The topological polar surface area (TPSA) is 36.4 Å². The Balaban J connectivity index is 0.000000881. The van der Waals surface area contributed by atoms with E-state index in [4.69, 9.17) is 0 Å². The second-order valence-electron chi connectivity index (χ2n) is 24.5. The first-order valence-corrected chi connectivity index (χ1v) is 37.6. The summed E-state index contributed by atoms with van der Waals surface area (Å²) in [7, 11) is 0. The van der Waals surface area contributed by atoms with E-state index >= 15 is 0 Å². The molecule has 0 saturated carbocycles. The Hall–Kier alpha value is -2.88. The molecule has 2 nitrogen and oxygen atoms in total. The van der Waals surface area contributed by atoms with Gasteiger partial charge in [0.05, 0.1) is 5.57 Å². The van der Waals surface area contributed by atoms with E-state index in [1.807, 2.05) is 0 Å². The van der Waals surface area contributed by atoms with Crippen LogP contribution in [0.15, 0.2) is 60.2 Å².